The van der Waals surface area contributed by atoms with Crippen molar-refractivity contribution in [2.75, 3.05) is 7.11 Å². The smallest absolute Gasteiger partial charge is 0.409 e. The molecule has 10 heteroatoms. The van der Waals surface area contributed by atoms with E-state index in [0.29, 0.717) is 19.3 Å². The van der Waals surface area contributed by atoms with Crippen molar-refractivity contribution in [3.05, 3.63) is 0 Å². The van der Waals surface area contributed by atoms with Gasteiger partial charge < -0.3 is 20.1 Å². The molecule has 0 radical (unpaired) electrons. The molecule has 0 bridgehead atoms. The van der Waals surface area contributed by atoms with Crippen LogP contribution in [0.3, 0.4) is 0 Å². The van der Waals surface area contributed by atoms with Crippen LogP contribution in [-0.4, -0.2) is 48.9 Å². The van der Waals surface area contributed by atoms with E-state index in [-0.39, 0.29) is 0 Å². The molecule has 7 nitrogen and oxygen atoms in total. The number of amides is 2. The average Bonchev–Trinajstić information content (AvgIpc) is 2.51. The summed E-state index contributed by atoms with van der Waals surface area (Å²) in [5, 5.41) is 4.46. The highest BCUT2D eigenvalue weighted by Crippen LogP contribution is 2.28. The lowest BCUT2D eigenvalue weighted by Crippen LogP contribution is -2.54. The minimum Gasteiger partial charge on any atom is -0.469 e. The van der Waals surface area contributed by atoms with Gasteiger partial charge in [-0.2, -0.15) is 13.2 Å². The molecular weight excluding hydrogens is 369 g/mol. The lowest BCUT2D eigenvalue weighted by Gasteiger charge is -2.33. The van der Waals surface area contributed by atoms with Crippen molar-refractivity contribution in [1.29, 1.82) is 0 Å². The van der Waals surface area contributed by atoms with E-state index in [4.69, 9.17) is 4.74 Å². The maximum absolute atomic E-state index is 13.1. The van der Waals surface area contributed by atoms with Crippen LogP contribution in [0.4, 0.5) is 18.0 Å². The van der Waals surface area contributed by atoms with Crippen LogP contribution in [0, 0.1) is 5.92 Å². The van der Waals surface area contributed by atoms with Gasteiger partial charge in [-0.25, -0.2) is 4.79 Å². The third-order valence-corrected chi connectivity index (χ3v) is 4.11. The summed E-state index contributed by atoms with van der Waals surface area (Å²) in [5.41, 5.74) is -0.738. The molecule has 0 spiro atoms. The van der Waals surface area contributed by atoms with E-state index in [9.17, 15) is 27.6 Å². The zero-order valence-electron chi connectivity index (χ0n) is 15.9. The number of halogens is 3. The van der Waals surface area contributed by atoms with Crippen LogP contribution in [-0.2, 0) is 19.1 Å². The van der Waals surface area contributed by atoms with E-state index in [1.165, 1.54) is 0 Å². The SMILES string of the molecule is COC(=O)C[C@H](NC(=O)[C@@H]1CCCC[C@H]1NC(=O)OC(C)(C)C)C(F)(F)F. The Bertz CT molecular complexity index is 546. The van der Waals surface area contributed by atoms with E-state index in [2.05, 4.69) is 10.1 Å². The molecule has 0 aromatic carbocycles. The molecule has 3 atom stereocenters. The van der Waals surface area contributed by atoms with Gasteiger partial charge in [-0.3, -0.25) is 9.59 Å². The Hall–Kier alpha value is -2.00. The zero-order chi connectivity index (χ0) is 20.8. The Morgan fingerprint density at radius 1 is 1.11 bits per heavy atom. The fourth-order valence-electron chi connectivity index (χ4n) is 2.85. The first-order valence-electron chi connectivity index (χ1n) is 8.77. The van der Waals surface area contributed by atoms with E-state index < -0.39 is 54.2 Å². The molecule has 0 heterocycles. The number of hydrogen-bond acceptors (Lipinski definition) is 5. The molecule has 0 aliphatic heterocycles. The van der Waals surface area contributed by atoms with Crippen LogP contribution in [0.25, 0.3) is 0 Å². The fourth-order valence-corrected chi connectivity index (χ4v) is 2.85. The average molecular weight is 396 g/mol. The third-order valence-electron chi connectivity index (χ3n) is 4.11. The number of rotatable bonds is 5. The van der Waals surface area contributed by atoms with E-state index in [1.54, 1.807) is 20.8 Å². The van der Waals surface area contributed by atoms with Gasteiger partial charge in [0.05, 0.1) is 19.4 Å². The minimum absolute atomic E-state index is 0.328. The number of carbonyl (C=O) groups excluding carboxylic acids is 3. The quantitative estimate of drug-likeness (QED) is 0.697. The van der Waals surface area contributed by atoms with Gasteiger partial charge in [0.1, 0.15) is 11.6 Å². The number of nitrogens with one attached hydrogen (secondary N) is 2. The van der Waals surface area contributed by atoms with Gasteiger partial charge in [0, 0.05) is 6.04 Å². The summed E-state index contributed by atoms with van der Waals surface area (Å²) in [6, 6.07) is -2.98. The summed E-state index contributed by atoms with van der Waals surface area (Å²) in [6.07, 6.45) is -4.38. The number of carbonyl (C=O) groups is 3. The first-order valence-corrected chi connectivity index (χ1v) is 8.77. The summed E-state index contributed by atoms with van der Waals surface area (Å²) in [7, 11) is 0.972. The monoisotopic (exact) mass is 396 g/mol. The van der Waals surface area contributed by atoms with Crippen molar-refractivity contribution in [3.63, 3.8) is 0 Å². The number of ether oxygens (including phenoxy) is 2. The fraction of sp³-hybridized carbons (Fsp3) is 0.824. The maximum Gasteiger partial charge on any atom is 0.409 e. The Labute approximate surface area is 156 Å². The predicted octanol–water partition coefficient (Wildman–Crippen LogP) is 2.68. The highest BCUT2D eigenvalue weighted by Gasteiger charge is 2.44. The molecule has 0 saturated heterocycles. The van der Waals surface area contributed by atoms with Gasteiger partial charge in [0.2, 0.25) is 5.91 Å². The second-order valence-electron chi connectivity index (χ2n) is 7.53. The Balaban J connectivity index is 2.81. The van der Waals surface area contributed by atoms with Gasteiger partial charge >= 0.3 is 18.2 Å². The Morgan fingerprint density at radius 2 is 1.70 bits per heavy atom. The standard InChI is InChI=1S/C17H27F3N2O5/c1-16(2,3)27-15(25)21-11-8-6-5-7-10(11)14(24)22-12(17(18,19)20)9-13(23)26-4/h10-12H,5-9H2,1-4H3,(H,21,25)(H,22,24)/t10-,11-,12+/m1/s1. The number of esters is 1. The van der Waals surface area contributed by atoms with Crippen molar-refractivity contribution >= 4 is 18.0 Å². The first kappa shape index (κ1) is 23.0. The molecule has 2 amide bonds. The molecule has 156 valence electrons. The Morgan fingerprint density at radius 3 is 2.22 bits per heavy atom. The predicted molar refractivity (Wildman–Crippen MR) is 89.7 cm³/mol. The maximum atomic E-state index is 13.1. The highest BCUT2D eigenvalue weighted by atomic mass is 19.4. The summed E-state index contributed by atoms with van der Waals surface area (Å²) >= 11 is 0. The van der Waals surface area contributed by atoms with Crippen LogP contribution in [0.1, 0.15) is 52.9 Å². The van der Waals surface area contributed by atoms with Gasteiger partial charge in [-0.15, -0.1) is 0 Å². The van der Waals surface area contributed by atoms with Gasteiger partial charge in [-0.05, 0) is 33.6 Å². The van der Waals surface area contributed by atoms with Crippen LogP contribution >= 0.6 is 0 Å². The molecule has 0 aromatic rings. The summed E-state index contributed by atoms with van der Waals surface area (Å²) in [6.45, 7) is 5.04. The molecule has 2 N–H and O–H groups in total. The van der Waals surface area contributed by atoms with E-state index >= 15 is 0 Å². The molecular formula is C17H27F3N2O5. The number of hydrogen-bond donors (Lipinski definition) is 2. The van der Waals surface area contributed by atoms with Crippen LogP contribution in [0.2, 0.25) is 0 Å². The second-order valence-corrected chi connectivity index (χ2v) is 7.53. The third kappa shape index (κ3) is 8.04. The van der Waals surface area contributed by atoms with Gasteiger partial charge in [0.25, 0.3) is 0 Å². The molecule has 1 aliphatic rings. The summed E-state index contributed by atoms with van der Waals surface area (Å²) in [5.74, 6) is -2.78. The highest BCUT2D eigenvalue weighted by molar-refractivity contribution is 5.81. The van der Waals surface area contributed by atoms with Crippen molar-refractivity contribution in [1.82, 2.24) is 10.6 Å². The van der Waals surface area contributed by atoms with Crippen molar-refractivity contribution in [2.45, 2.75) is 76.7 Å². The van der Waals surface area contributed by atoms with Crippen molar-refractivity contribution < 1.29 is 37.0 Å². The molecule has 0 aromatic heterocycles. The summed E-state index contributed by atoms with van der Waals surface area (Å²) in [4.78, 5) is 35.6. The summed E-state index contributed by atoms with van der Waals surface area (Å²) < 4.78 is 48.8. The Kier molecular flexibility index (Phi) is 7.91. The van der Waals surface area contributed by atoms with E-state index in [0.717, 1.165) is 13.5 Å². The topological polar surface area (TPSA) is 93.7 Å². The van der Waals surface area contributed by atoms with Gasteiger partial charge in [0.15, 0.2) is 0 Å². The van der Waals surface area contributed by atoms with Crippen LogP contribution in [0.15, 0.2) is 0 Å². The van der Waals surface area contributed by atoms with Gasteiger partial charge in [-0.1, -0.05) is 12.8 Å². The molecule has 1 saturated carbocycles. The van der Waals surface area contributed by atoms with Crippen molar-refractivity contribution in [3.8, 4) is 0 Å². The van der Waals surface area contributed by atoms with E-state index in [1.807, 2.05) is 5.32 Å². The molecule has 1 fully saturated rings. The zero-order valence-corrected chi connectivity index (χ0v) is 15.9. The normalized spacial score (nSPS) is 21.7. The molecule has 1 aliphatic carbocycles. The number of methoxy groups -OCH3 is 1. The lowest BCUT2D eigenvalue weighted by atomic mass is 9.83. The van der Waals surface area contributed by atoms with Crippen LogP contribution < -0.4 is 10.6 Å². The molecule has 27 heavy (non-hydrogen) atoms. The van der Waals surface area contributed by atoms with Crippen molar-refractivity contribution in [2.24, 2.45) is 5.92 Å². The first-order chi connectivity index (χ1) is 12.3. The largest absolute Gasteiger partial charge is 0.469 e. The second kappa shape index (κ2) is 9.27. The minimum atomic E-state index is -4.80. The molecule has 1 rings (SSSR count). The molecule has 0 unspecified atom stereocenters. The van der Waals surface area contributed by atoms with Crippen LogP contribution in [0.5, 0.6) is 0 Å². The number of alkyl carbamates (subject to hydrolysis) is 1. The lowest BCUT2D eigenvalue weighted by molar-refractivity contribution is -0.172. The number of alkyl halides is 3.